The number of aromatic nitrogens is 1. The third-order valence-corrected chi connectivity index (χ3v) is 4.84. The fourth-order valence-corrected chi connectivity index (χ4v) is 3.27. The average molecular weight is 562 g/mol. The minimum Gasteiger partial charge on any atom is -0.489 e. The zero-order chi connectivity index (χ0) is 25.0. The predicted octanol–water partition coefficient (Wildman–Crippen LogP) is 7.45. The molecule has 0 aliphatic heterocycles. The van der Waals surface area contributed by atoms with E-state index in [0.29, 0.717) is 20.9 Å². The van der Waals surface area contributed by atoms with Gasteiger partial charge in [0, 0.05) is 27.1 Å². The van der Waals surface area contributed by atoms with Crippen molar-refractivity contribution in [3.63, 3.8) is 0 Å². The van der Waals surface area contributed by atoms with Crippen molar-refractivity contribution >= 4 is 57.1 Å². The predicted molar refractivity (Wildman–Crippen MR) is 133 cm³/mol. The number of hydrogen-bond donors (Lipinski definition) is 0. The topological polar surface area (TPSA) is 78.0 Å². The first-order chi connectivity index (χ1) is 15.2. The van der Waals surface area contributed by atoms with Gasteiger partial charge < -0.3 is 14.2 Å². The SMILES string of the molecule is CC(C)(C)OC(=O)N(C(=O)OC(C)(C)C)c1ncc(Br)cc1OCCc1cc(Cl)ccc1Cl. The second kappa shape index (κ2) is 10.9. The maximum atomic E-state index is 13.0. The fourth-order valence-electron chi connectivity index (χ4n) is 2.56. The summed E-state index contributed by atoms with van der Waals surface area (Å²) in [6, 6.07) is 6.76. The van der Waals surface area contributed by atoms with Gasteiger partial charge in [-0.1, -0.05) is 23.2 Å². The molecular formula is C23H27BrCl2N2O5. The van der Waals surface area contributed by atoms with Crippen molar-refractivity contribution in [1.82, 2.24) is 4.98 Å². The van der Waals surface area contributed by atoms with Crippen molar-refractivity contribution in [2.24, 2.45) is 0 Å². The number of carbonyl (C=O) groups is 2. The van der Waals surface area contributed by atoms with Crippen molar-refractivity contribution in [1.29, 1.82) is 0 Å². The molecule has 0 fully saturated rings. The lowest BCUT2D eigenvalue weighted by molar-refractivity contribution is 0.0427. The summed E-state index contributed by atoms with van der Waals surface area (Å²) >= 11 is 15.6. The molecular weight excluding hydrogens is 535 g/mol. The van der Waals surface area contributed by atoms with Crippen LogP contribution in [-0.2, 0) is 15.9 Å². The van der Waals surface area contributed by atoms with E-state index in [2.05, 4.69) is 20.9 Å². The molecule has 180 valence electrons. The second-order valence-corrected chi connectivity index (χ2v) is 10.9. The van der Waals surface area contributed by atoms with Crippen LogP contribution in [0.1, 0.15) is 47.1 Å². The van der Waals surface area contributed by atoms with E-state index in [1.54, 1.807) is 65.8 Å². The largest absolute Gasteiger partial charge is 0.489 e. The normalized spacial score (nSPS) is 11.7. The molecule has 7 nitrogen and oxygen atoms in total. The Kier molecular flexibility index (Phi) is 9.01. The van der Waals surface area contributed by atoms with Gasteiger partial charge in [-0.05, 0) is 87.3 Å². The summed E-state index contributed by atoms with van der Waals surface area (Å²) in [6.45, 7) is 10.3. The van der Waals surface area contributed by atoms with Gasteiger partial charge in [-0.15, -0.1) is 0 Å². The number of rotatable bonds is 5. The molecule has 1 aromatic carbocycles. The number of nitrogens with zero attached hydrogens (tertiary/aromatic N) is 2. The molecule has 0 saturated carbocycles. The highest BCUT2D eigenvalue weighted by Crippen LogP contribution is 2.32. The Morgan fingerprint density at radius 3 is 2.12 bits per heavy atom. The molecule has 0 N–H and O–H groups in total. The molecule has 0 atom stereocenters. The Hall–Kier alpha value is -2.03. The Morgan fingerprint density at radius 2 is 1.58 bits per heavy atom. The third-order valence-electron chi connectivity index (χ3n) is 3.80. The molecule has 0 saturated heterocycles. The maximum Gasteiger partial charge on any atom is 0.425 e. The van der Waals surface area contributed by atoms with Crippen LogP contribution in [-0.4, -0.2) is 35.0 Å². The van der Waals surface area contributed by atoms with Crippen molar-refractivity contribution < 1.29 is 23.8 Å². The monoisotopic (exact) mass is 560 g/mol. The van der Waals surface area contributed by atoms with Crippen LogP contribution < -0.4 is 9.64 Å². The van der Waals surface area contributed by atoms with Crippen LogP contribution in [0.15, 0.2) is 34.9 Å². The standard InChI is InChI=1S/C23H27BrCl2N2O5/c1-22(2,3)32-20(29)28(21(30)33-23(4,5)6)19-18(12-15(24)13-27-19)31-10-9-14-11-16(25)7-8-17(14)26/h7-8,11-13H,9-10H2,1-6H3. The van der Waals surface area contributed by atoms with Crippen LogP contribution in [0.25, 0.3) is 0 Å². The van der Waals surface area contributed by atoms with Crippen LogP contribution in [0, 0.1) is 0 Å². The quantitative estimate of drug-likeness (QED) is 0.377. The van der Waals surface area contributed by atoms with Crippen LogP contribution in [0.3, 0.4) is 0 Å². The smallest absolute Gasteiger partial charge is 0.425 e. The van der Waals surface area contributed by atoms with Crippen molar-refractivity contribution in [2.45, 2.75) is 59.2 Å². The molecule has 0 aliphatic carbocycles. The molecule has 2 aromatic rings. The summed E-state index contributed by atoms with van der Waals surface area (Å²) in [6.07, 6.45) is 0.00532. The van der Waals surface area contributed by atoms with Crippen molar-refractivity contribution in [3.05, 3.63) is 50.5 Å². The van der Waals surface area contributed by atoms with E-state index in [0.717, 1.165) is 10.5 Å². The highest BCUT2D eigenvalue weighted by atomic mass is 79.9. The number of benzene rings is 1. The number of carbonyl (C=O) groups excluding carboxylic acids is 2. The summed E-state index contributed by atoms with van der Waals surface area (Å²) in [5.41, 5.74) is -0.904. The fraction of sp³-hybridized carbons (Fsp3) is 0.435. The Bertz CT molecular complexity index is 991. The number of hydrogen-bond acceptors (Lipinski definition) is 6. The minimum absolute atomic E-state index is 0.0566. The number of pyridine rings is 1. The summed E-state index contributed by atoms with van der Waals surface area (Å²) in [4.78, 5) is 30.9. The van der Waals surface area contributed by atoms with Crippen LogP contribution in [0.5, 0.6) is 5.75 Å². The first kappa shape index (κ1) is 27.2. The number of ether oxygens (including phenoxy) is 3. The van der Waals surface area contributed by atoms with Gasteiger partial charge in [0.15, 0.2) is 11.6 Å². The van der Waals surface area contributed by atoms with Gasteiger partial charge in [0.1, 0.15) is 11.2 Å². The summed E-state index contributed by atoms with van der Waals surface area (Å²) in [7, 11) is 0. The summed E-state index contributed by atoms with van der Waals surface area (Å²) in [5.74, 6) is 0.123. The maximum absolute atomic E-state index is 13.0. The summed E-state index contributed by atoms with van der Waals surface area (Å²) < 4.78 is 17.3. The lowest BCUT2D eigenvalue weighted by atomic mass is 10.1. The first-order valence-electron chi connectivity index (χ1n) is 10.1. The third kappa shape index (κ3) is 8.68. The molecule has 10 heteroatoms. The van der Waals surface area contributed by atoms with E-state index in [9.17, 15) is 9.59 Å². The Balaban J connectivity index is 2.37. The van der Waals surface area contributed by atoms with Crippen molar-refractivity contribution in [3.8, 4) is 5.75 Å². The van der Waals surface area contributed by atoms with E-state index in [-0.39, 0.29) is 18.2 Å². The highest BCUT2D eigenvalue weighted by molar-refractivity contribution is 9.10. The number of imide groups is 1. The van der Waals surface area contributed by atoms with E-state index in [4.69, 9.17) is 37.4 Å². The molecule has 0 radical (unpaired) electrons. The van der Waals surface area contributed by atoms with E-state index >= 15 is 0 Å². The second-order valence-electron chi connectivity index (χ2n) is 9.11. The lowest BCUT2D eigenvalue weighted by Gasteiger charge is -2.28. The molecule has 0 unspecified atom stereocenters. The van der Waals surface area contributed by atoms with Crippen LogP contribution >= 0.6 is 39.1 Å². The molecule has 0 aliphatic rings. The van der Waals surface area contributed by atoms with Gasteiger partial charge in [-0.2, -0.15) is 4.90 Å². The van der Waals surface area contributed by atoms with E-state index in [1.165, 1.54) is 6.20 Å². The van der Waals surface area contributed by atoms with Gasteiger partial charge in [0.2, 0.25) is 0 Å². The van der Waals surface area contributed by atoms with Gasteiger partial charge in [0.05, 0.1) is 6.61 Å². The van der Waals surface area contributed by atoms with Crippen molar-refractivity contribution in [2.75, 3.05) is 11.5 Å². The lowest BCUT2D eigenvalue weighted by Crippen LogP contribution is -2.44. The number of halogens is 3. The van der Waals surface area contributed by atoms with Gasteiger partial charge in [-0.25, -0.2) is 14.6 Å². The number of amides is 2. The molecule has 2 amide bonds. The first-order valence-corrected chi connectivity index (χ1v) is 11.7. The molecule has 0 bridgehead atoms. The average Bonchev–Trinajstić information content (AvgIpc) is 2.63. The highest BCUT2D eigenvalue weighted by Gasteiger charge is 2.35. The number of anilines is 1. The van der Waals surface area contributed by atoms with Gasteiger partial charge >= 0.3 is 12.2 Å². The van der Waals surface area contributed by atoms with E-state index in [1.807, 2.05) is 0 Å². The Labute approximate surface area is 212 Å². The van der Waals surface area contributed by atoms with Crippen LogP contribution in [0.2, 0.25) is 10.0 Å². The van der Waals surface area contributed by atoms with E-state index < -0.39 is 23.4 Å². The molecule has 1 aromatic heterocycles. The molecule has 33 heavy (non-hydrogen) atoms. The minimum atomic E-state index is -0.936. The van der Waals surface area contributed by atoms with Gasteiger partial charge in [-0.3, -0.25) is 0 Å². The molecule has 2 rings (SSSR count). The Morgan fingerprint density at radius 1 is 1.00 bits per heavy atom. The van der Waals surface area contributed by atoms with Crippen LogP contribution in [0.4, 0.5) is 15.4 Å². The zero-order valence-corrected chi connectivity index (χ0v) is 22.5. The van der Waals surface area contributed by atoms with Gasteiger partial charge in [0.25, 0.3) is 0 Å². The molecule has 0 spiro atoms. The summed E-state index contributed by atoms with van der Waals surface area (Å²) in [5, 5.41) is 1.11. The zero-order valence-electron chi connectivity index (χ0n) is 19.4. The molecule has 1 heterocycles.